The van der Waals surface area contributed by atoms with Crippen molar-refractivity contribution >= 4 is 17.5 Å². The van der Waals surface area contributed by atoms with Crippen LogP contribution in [0.3, 0.4) is 0 Å². The maximum absolute atomic E-state index is 8.73. The quantitative estimate of drug-likeness (QED) is 0.587. The van der Waals surface area contributed by atoms with Gasteiger partial charge in [0.15, 0.2) is 6.23 Å². The molecule has 4 aliphatic heterocycles. The fourth-order valence-corrected chi connectivity index (χ4v) is 7.26. The Bertz CT molecular complexity index is 904. The monoisotopic (exact) mass is 405 g/mol. The topological polar surface area (TPSA) is 33.6 Å². The molecule has 0 amide bonds. The first-order valence-electron chi connectivity index (χ1n) is 13.4. The summed E-state index contributed by atoms with van der Waals surface area (Å²) in [5, 5.41) is 3.94. The predicted octanol–water partition coefficient (Wildman–Crippen LogP) is 5.82. The maximum atomic E-state index is 8.73. The van der Waals surface area contributed by atoms with Crippen LogP contribution in [0.15, 0.2) is 28.0 Å². The van der Waals surface area contributed by atoms with Gasteiger partial charge in [-0.3, -0.25) is 10.3 Å². The number of rotatable bonds is 2. The number of nitrogens with one attached hydrogen (secondary N) is 1. The number of aliphatic imine (C=N–C) groups is 1. The van der Waals surface area contributed by atoms with E-state index in [0.29, 0.717) is 24.0 Å². The van der Waals surface area contributed by atoms with E-state index in [1.54, 1.807) is 11.8 Å². The van der Waals surface area contributed by atoms with Crippen LogP contribution < -0.4 is 5.32 Å². The zero-order valence-corrected chi connectivity index (χ0v) is 18.1. The number of ether oxygens (including phenoxy) is 1. The minimum Gasteiger partial charge on any atom is -0.472 e. The summed E-state index contributed by atoms with van der Waals surface area (Å²) in [5.74, 6) is 1.72. The van der Waals surface area contributed by atoms with E-state index in [-0.39, 0.29) is 22.9 Å². The Morgan fingerprint density at radius 1 is 1.36 bits per heavy atom. The summed E-state index contributed by atoms with van der Waals surface area (Å²) >= 11 is 1.74. The normalized spacial score (nSPS) is 43.9. The molecule has 1 aliphatic carbocycles. The van der Waals surface area contributed by atoms with E-state index in [9.17, 15) is 0 Å². The molecule has 0 aromatic rings. The Morgan fingerprint density at radius 3 is 3.07 bits per heavy atom. The predicted molar refractivity (Wildman–Crippen MR) is 119 cm³/mol. The average molecular weight is 406 g/mol. The van der Waals surface area contributed by atoms with Crippen molar-refractivity contribution in [2.75, 3.05) is 0 Å². The molecule has 4 heterocycles. The third-order valence-corrected chi connectivity index (χ3v) is 8.11. The van der Waals surface area contributed by atoms with Gasteiger partial charge in [-0.1, -0.05) is 26.8 Å². The Morgan fingerprint density at radius 2 is 2.25 bits per heavy atom. The summed E-state index contributed by atoms with van der Waals surface area (Å²) in [7, 11) is 0. The standard InChI is InChI=1S/C24H36N2OS/c1-14-8-10-18-17-6-5-7-19(21(17)27-22(18)25-14)20-11-9-15-12-16(13-24(2,3)4)28-23(15)26-20/h9,16-18,20,22-23,26H,5-8,10-13H2,1-4H3/t16-,17?,18?,20+,22?,23+/m0/s1/i1D3,13D2. The SMILES string of the molecule is [2H]C([2H])([2H])C1=NC2OC3=C([C@H]4CC=C5C[C@@H](C([2H])([2H])C(C)(C)C)S[C@H]5N4)CCCC3C2CC1. The molecular weight excluding hydrogens is 364 g/mol. The van der Waals surface area contributed by atoms with Gasteiger partial charge in [0.05, 0.1) is 5.37 Å². The van der Waals surface area contributed by atoms with E-state index in [4.69, 9.17) is 11.6 Å². The zero-order valence-electron chi connectivity index (χ0n) is 22.3. The molecule has 4 heteroatoms. The number of thioether (sulfide) groups is 1. The highest BCUT2D eigenvalue weighted by molar-refractivity contribution is 8.01. The molecule has 28 heavy (non-hydrogen) atoms. The molecule has 154 valence electrons. The van der Waals surface area contributed by atoms with Gasteiger partial charge in [-0.2, -0.15) is 0 Å². The van der Waals surface area contributed by atoms with Crippen molar-refractivity contribution in [3.63, 3.8) is 0 Å². The summed E-state index contributed by atoms with van der Waals surface area (Å²) in [5.41, 5.74) is 2.58. The Balaban J connectivity index is 1.35. The lowest BCUT2D eigenvalue weighted by atomic mass is 9.76. The van der Waals surface area contributed by atoms with Crippen molar-refractivity contribution in [1.82, 2.24) is 5.32 Å². The van der Waals surface area contributed by atoms with Crippen LogP contribution in [0.2, 0.25) is 0 Å². The largest absolute Gasteiger partial charge is 0.472 e. The van der Waals surface area contributed by atoms with Gasteiger partial charge >= 0.3 is 0 Å². The van der Waals surface area contributed by atoms with Crippen LogP contribution in [-0.4, -0.2) is 28.6 Å². The molecule has 2 fully saturated rings. The number of hydrogen-bond acceptors (Lipinski definition) is 4. The molecule has 0 aromatic heterocycles. The summed E-state index contributed by atoms with van der Waals surface area (Å²) in [4.78, 5) is 4.55. The van der Waals surface area contributed by atoms with Gasteiger partial charge in [0.1, 0.15) is 5.76 Å². The van der Waals surface area contributed by atoms with Gasteiger partial charge in [0.25, 0.3) is 0 Å². The number of fused-ring (bicyclic) bond motifs is 4. The minimum absolute atomic E-state index is 0.0463. The van der Waals surface area contributed by atoms with E-state index in [0.717, 1.165) is 44.3 Å². The fraction of sp³-hybridized carbons (Fsp3) is 0.792. The summed E-state index contributed by atoms with van der Waals surface area (Å²) in [6.45, 7) is 3.85. The summed E-state index contributed by atoms with van der Waals surface area (Å²) in [6.07, 6.45) is 7.08. The van der Waals surface area contributed by atoms with E-state index in [1.165, 1.54) is 11.1 Å². The van der Waals surface area contributed by atoms with Crippen LogP contribution in [0.1, 0.15) is 85.8 Å². The van der Waals surface area contributed by atoms with Crippen LogP contribution in [-0.2, 0) is 4.74 Å². The van der Waals surface area contributed by atoms with Crippen LogP contribution in [0, 0.1) is 17.3 Å². The van der Waals surface area contributed by atoms with Crippen molar-refractivity contribution in [3.8, 4) is 0 Å². The second-order valence-electron chi connectivity index (χ2n) is 10.0. The van der Waals surface area contributed by atoms with Crippen molar-refractivity contribution in [2.24, 2.45) is 22.2 Å². The average Bonchev–Trinajstić information content (AvgIpc) is 3.32. The van der Waals surface area contributed by atoms with Gasteiger partial charge in [-0.15, -0.1) is 11.8 Å². The fourth-order valence-electron chi connectivity index (χ4n) is 5.61. The van der Waals surface area contributed by atoms with E-state index in [1.807, 2.05) is 20.8 Å². The van der Waals surface area contributed by atoms with Gasteiger partial charge < -0.3 is 4.74 Å². The first kappa shape index (κ1) is 14.3. The highest BCUT2D eigenvalue weighted by Gasteiger charge is 2.47. The first-order chi connectivity index (χ1) is 15.4. The van der Waals surface area contributed by atoms with E-state index >= 15 is 0 Å². The Kier molecular flexibility index (Phi) is 3.67. The van der Waals surface area contributed by atoms with E-state index < -0.39 is 18.6 Å². The van der Waals surface area contributed by atoms with Crippen LogP contribution in [0.25, 0.3) is 0 Å². The zero-order chi connectivity index (χ0) is 23.8. The summed E-state index contributed by atoms with van der Waals surface area (Å²) in [6, 6.07) is 0.203. The second kappa shape index (κ2) is 7.19. The van der Waals surface area contributed by atoms with Crippen LogP contribution in [0.4, 0.5) is 0 Å². The lowest BCUT2D eigenvalue weighted by molar-refractivity contribution is 0.128. The van der Waals surface area contributed by atoms with Gasteiger partial charge in [-0.25, -0.2) is 0 Å². The van der Waals surface area contributed by atoms with Gasteiger partial charge in [0, 0.05) is 35.7 Å². The molecule has 5 rings (SSSR count). The minimum atomic E-state index is -2.13. The van der Waals surface area contributed by atoms with Crippen molar-refractivity contribution in [1.29, 1.82) is 0 Å². The van der Waals surface area contributed by atoms with Gasteiger partial charge in [-0.05, 0) is 74.7 Å². The highest BCUT2D eigenvalue weighted by Crippen LogP contribution is 2.50. The van der Waals surface area contributed by atoms with Gasteiger partial charge in [0.2, 0.25) is 0 Å². The number of allylic oxidation sites excluding steroid dienone is 1. The van der Waals surface area contributed by atoms with Crippen LogP contribution >= 0.6 is 11.8 Å². The smallest absolute Gasteiger partial charge is 0.192 e. The first-order valence-corrected chi connectivity index (χ1v) is 11.9. The van der Waals surface area contributed by atoms with Crippen molar-refractivity contribution in [2.45, 2.75) is 102 Å². The molecule has 3 nitrogen and oxygen atoms in total. The lowest BCUT2D eigenvalue weighted by Gasteiger charge is -2.33. The molecule has 1 N–H and O–H groups in total. The molecule has 2 saturated heterocycles. The molecule has 5 aliphatic rings. The lowest BCUT2D eigenvalue weighted by Crippen LogP contribution is -2.41. The Labute approximate surface area is 181 Å². The maximum Gasteiger partial charge on any atom is 0.192 e. The molecule has 6 atom stereocenters. The van der Waals surface area contributed by atoms with Crippen LogP contribution in [0.5, 0.6) is 0 Å². The molecule has 0 aromatic carbocycles. The van der Waals surface area contributed by atoms with Crippen molar-refractivity contribution < 1.29 is 11.6 Å². The third kappa shape index (κ3) is 3.60. The van der Waals surface area contributed by atoms with Crippen molar-refractivity contribution in [3.05, 3.63) is 23.0 Å². The summed E-state index contributed by atoms with van der Waals surface area (Å²) < 4.78 is 47.1. The molecule has 0 spiro atoms. The molecule has 3 unspecified atom stereocenters. The molecule has 0 radical (unpaired) electrons. The molecule has 0 saturated carbocycles. The number of nitrogens with zero attached hydrogens (tertiary/aromatic N) is 1. The highest BCUT2D eigenvalue weighted by atomic mass is 32.2. The number of hydrogen-bond donors (Lipinski definition) is 1. The Hall–Kier alpha value is -0.740. The third-order valence-electron chi connectivity index (χ3n) is 6.78. The molecular formula is C24H36N2OS. The molecule has 0 bridgehead atoms. The second-order valence-corrected chi connectivity index (χ2v) is 11.3. The van der Waals surface area contributed by atoms with E-state index in [2.05, 4.69) is 16.4 Å².